The molecule has 1 nitrogen and oxygen atoms in total. The van der Waals surface area contributed by atoms with Crippen LogP contribution in [0.1, 0.15) is 0 Å². The number of rotatable bonds is 3. The number of para-hydroxylation sites is 1. The van der Waals surface area contributed by atoms with Gasteiger partial charge in [-0.15, -0.1) is 0 Å². The molecule has 0 unspecified atom stereocenters. The first-order valence-corrected chi connectivity index (χ1v) is 6.22. The highest BCUT2D eigenvalue weighted by Gasteiger charge is 2.06. The van der Waals surface area contributed by atoms with Gasteiger partial charge in [0.2, 0.25) is 0 Å². The summed E-state index contributed by atoms with van der Waals surface area (Å²) in [5, 5.41) is 0. The Morgan fingerprint density at radius 3 is 2.11 bits per heavy atom. The van der Waals surface area contributed by atoms with Crippen LogP contribution in [0.4, 0.5) is 0 Å². The average Bonchev–Trinajstić information content (AvgIpc) is 2.50. The van der Waals surface area contributed by atoms with E-state index in [0.29, 0.717) is 0 Å². The van der Waals surface area contributed by atoms with Crippen molar-refractivity contribution in [3.63, 3.8) is 0 Å². The van der Waals surface area contributed by atoms with Gasteiger partial charge in [-0.2, -0.15) is 0 Å². The molecule has 0 N–H and O–H groups in total. The van der Waals surface area contributed by atoms with Gasteiger partial charge < -0.3 is 4.74 Å². The average molecular weight is 245 g/mol. The molecule has 0 heterocycles. The lowest BCUT2D eigenvalue weighted by Crippen LogP contribution is -1.87. The van der Waals surface area contributed by atoms with Crippen molar-refractivity contribution in [2.75, 3.05) is 0 Å². The Kier molecular flexibility index (Phi) is 3.28. The molecule has 3 aromatic carbocycles. The molecule has 0 fully saturated rings. The van der Waals surface area contributed by atoms with E-state index in [-0.39, 0.29) is 0 Å². The maximum atomic E-state index is 5.93. The Bertz CT molecular complexity index is 645. The van der Waals surface area contributed by atoms with Gasteiger partial charge in [0.25, 0.3) is 0 Å². The molecule has 0 aliphatic rings. The first-order valence-electron chi connectivity index (χ1n) is 6.22. The van der Waals surface area contributed by atoms with Gasteiger partial charge in [0, 0.05) is 5.56 Å². The summed E-state index contributed by atoms with van der Waals surface area (Å²) >= 11 is 0. The lowest BCUT2D eigenvalue weighted by atomic mass is 10.1. The molecule has 1 radical (unpaired) electrons. The van der Waals surface area contributed by atoms with Crippen LogP contribution >= 0.6 is 0 Å². The van der Waals surface area contributed by atoms with Gasteiger partial charge in [-0.05, 0) is 29.8 Å². The second-order valence-electron chi connectivity index (χ2n) is 4.19. The molecule has 91 valence electrons. The van der Waals surface area contributed by atoms with Gasteiger partial charge in [-0.3, -0.25) is 0 Å². The smallest absolute Gasteiger partial charge is 0.135 e. The Balaban J connectivity index is 1.99. The normalized spacial score (nSPS) is 10.1. The zero-order chi connectivity index (χ0) is 12.9. The zero-order valence-corrected chi connectivity index (χ0v) is 10.4. The van der Waals surface area contributed by atoms with E-state index in [1.54, 1.807) is 0 Å². The molecule has 0 aliphatic heterocycles. The van der Waals surface area contributed by atoms with E-state index in [0.717, 1.165) is 22.6 Å². The molecule has 0 aromatic heterocycles. The van der Waals surface area contributed by atoms with Crippen molar-refractivity contribution in [1.29, 1.82) is 0 Å². The van der Waals surface area contributed by atoms with E-state index in [1.165, 1.54) is 0 Å². The van der Waals surface area contributed by atoms with Crippen LogP contribution < -0.4 is 4.74 Å². The van der Waals surface area contributed by atoms with Gasteiger partial charge in [-0.1, -0.05) is 60.7 Å². The monoisotopic (exact) mass is 245 g/mol. The fourth-order valence-electron chi connectivity index (χ4n) is 1.95. The molecule has 1 heteroatoms. The quantitative estimate of drug-likeness (QED) is 0.634. The minimum atomic E-state index is 0.819. The van der Waals surface area contributed by atoms with E-state index < -0.39 is 0 Å². The summed E-state index contributed by atoms with van der Waals surface area (Å²) in [6.07, 6.45) is 0. The molecule has 19 heavy (non-hydrogen) atoms. The maximum absolute atomic E-state index is 5.93. The summed E-state index contributed by atoms with van der Waals surface area (Å²) in [6, 6.07) is 29.0. The van der Waals surface area contributed by atoms with Crippen LogP contribution in [0.3, 0.4) is 0 Å². The number of benzene rings is 3. The fraction of sp³-hybridized carbons (Fsp3) is 0. The van der Waals surface area contributed by atoms with E-state index >= 15 is 0 Å². The summed E-state index contributed by atoms with van der Waals surface area (Å²) < 4.78 is 5.93. The lowest BCUT2D eigenvalue weighted by molar-refractivity contribution is 0.484. The Morgan fingerprint density at radius 1 is 0.684 bits per heavy atom. The van der Waals surface area contributed by atoms with Crippen molar-refractivity contribution >= 4 is 0 Å². The number of ether oxygens (including phenoxy) is 1. The third-order valence-corrected chi connectivity index (χ3v) is 2.85. The van der Waals surface area contributed by atoms with Crippen LogP contribution in [0.25, 0.3) is 11.1 Å². The van der Waals surface area contributed by atoms with Crippen molar-refractivity contribution in [1.82, 2.24) is 0 Å². The van der Waals surface area contributed by atoms with Crippen LogP contribution in [0.5, 0.6) is 11.5 Å². The van der Waals surface area contributed by atoms with Crippen LogP contribution in [-0.4, -0.2) is 0 Å². The summed E-state index contributed by atoms with van der Waals surface area (Å²) in [7, 11) is 0. The third kappa shape index (κ3) is 2.66. The van der Waals surface area contributed by atoms with E-state index in [1.807, 2.05) is 66.7 Å². The standard InChI is InChI=1S/C18H13O/c1-3-9-15(10-4-1)17-13-7-8-14-18(17)19-16-11-5-2-6-12-16/h1-12,14H. The molecule has 0 aliphatic carbocycles. The first-order chi connectivity index (χ1) is 9.43. The summed E-state index contributed by atoms with van der Waals surface area (Å²) in [5.74, 6) is 1.65. The van der Waals surface area contributed by atoms with Gasteiger partial charge in [0.15, 0.2) is 0 Å². The van der Waals surface area contributed by atoms with Crippen molar-refractivity contribution in [3.8, 4) is 22.6 Å². The second kappa shape index (κ2) is 5.40. The van der Waals surface area contributed by atoms with Gasteiger partial charge in [0.1, 0.15) is 11.5 Å². The molecule has 0 saturated carbocycles. The molecule has 0 spiro atoms. The largest absolute Gasteiger partial charge is 0.457 e. The molecule has 3 aromatic rings. The highest BCUT2D eigenvalue weighted by molar-refractivity contribution is 5.70. The predicted molar refractivity (Wildman–Crippen MR) is 77.2 cm³/mol. The Hall–Kier alpha value is -2.54. The molecule has 0 bridgehead atoms. The van der Waals surface area contributed by atoms with E-state index in [4.69, 9.17) is 4.74 Å². The zero-order valence-electron chi connectivity index (χ0n) is 10.4. The predicted octanol–water partition coefficient (Wildman–Crippen LogP) is 4.95. The van der Waals surface area contributed by atoms with Crippen LogP contribution in [-0.2, 0) is 0 Å². The highest BCUT2D eigenvalue weighted by atomic mass is 16.5. The molecular formula is C18H13O. The summed E-state index contributed by atoms with van der Waals surface area (Å²) in [5.41, 5.74) is 2.08. The fourth-order valence-corrected chi connectivity index (χ4v) is 1.95. The van der Waals surface area contributed by atoms with Gasteiger partial charge in [0.05, 0.1) is 0 Å². The van der Waals surface area contributed by atoms with Crippen molar-refractivity contribution < 1.29 is 4.74 Å². The lowest BCUT2D eigenvalue weighted by Gasteiger charge is -2.10. The molecular weight excluding hydrogens is 232 g/mol. The SMILES string of the molecule is [c]1cccc(Oc2ccccc2)c1-c1ccccc1. The molecule has 3 rings (SSSR count). The van der Waals surface area contributed by atoms with E-state index in [2.05, 4.69) is 18.2 Å². The van der Waals surface area contributed by atoms with Crippen molar-refractivity contribution in [2.45, 2.75) is 0 Å². The van der Waals surface area contributed by atoms with Crippen LogP contribution in [0, 0.1) is 6.07 Å². The second-order valence-corrected chi connectivity index (χ2v) is 4.19. The van der Waals surface area contributed by atoms with Gasteiger partial charge >= 0.3 is 0 Å². The molecule has 0 amide bonds. The maximum Gasteiger partial charge on any atom is 0.135 e. The number of hydrogen-bond acceptors (Lipinski definition) is 1. The molecule has 0 atom stereocenters. The number of hydrogen-bond donors (Lipinski definition) is 0. The summed E-state index contributed by atoms with van der Waals surface area (Å²) in [4.78, 5) is 0. The van der Waals surface area contributed by atoms with Crippen LogP contribution in [0.15, 0.2) is 78.9 Å². The van der Waals surface area contributed by atoms with E-state index in [9.17, 15) is 0 Å². The summed E-state index contributed by atoms with van der Waals surface area (Å²) in [6.45, 7) is 0. The Morgan fingerprint density at radius 2 is 1.37 bits per heavy atom. The minimum absolute atomic E-state index is 0.819. The highest BCUT2D eigenvalue weighted by Crippen LogP contribution is 2.32. The van der Waals surface area contributed by atoms with Gasteiger partial charge in [-0.25, -0.2) is 0 Å². The first kappa shape index (κ1) is 11.5. The minimum Gasteiger partial charge on any atom is -0.457 e. The molecule has 0 saturated heterocycles. The van der Waals surface area contributed by atoms with Crippen molar-refractivity contribution in [3.05, 3.63) is 84.9 Å². The Labute approximate surface area is 113 Å². The van der Waals surface area contributed by atoms with Crippen molar-refractivity contribution in [2.24, 2.45) is 0 Å². The topological polar surface area (TPSA) is 9.23 Å². The van der Waals surface area contributed by atoms with Crippen LogP contribution in [0.2, 0.25) is 0 Å². The third-order valence-electron chi connectivity index (χ3n) is 2.85.